The molecule has 2 aromatic rings. The number of amides is 2. The average Bonchev–Trinajstić information content (AvgIpc) is 3.40. The first-order valence-electron chi connectivity index (χ1n) is 16.6. The summed E-state index contributed by atoms with van der Waals surface area (Å²) in [5, 5.41) is 2.52. The molecule has 0 spiro atoms. The highest BCUT2D eigenvalue weighted by atomic mass is 28.4. The molecule has 2 aromatic carbocycles. The number of ether oxygens (including phenoxy) is 2. The summed E-state index contributed by atoms with van der Waals surface area (Å²) >= 11 is 0. The van der Waals surface area contributed by atoms with Crippen molar-refractivity contribution < 1.29 is 27.9 Å². The van der Waals surface area contributed by atoms with E-state index in [0.29, 0.717) is 19.6 Å². The van der Waals surface area contributed by atoms with Gasteiger partial charge in [0.25, 0.3) is 8.32 Å². The minimum Gasteiger partial charge on any atom is -0.447 e. The van der Waals surface area contributed by atoms with E-state index in [0.717, 1.165) is 12.8 Å². The summed E-state index contributed by atoms with van der Waals surface area (Å²) in [5.74, 6) is -0.0769. The van der Waals surface area contributed by atoms with Crippen LogP contribution in [-0.2, 0) is 23.1 Å². The highest BCUT2D eigenvalue weighted by Crippen LogP contribution is 2.42. The van der Waals surface area contributed by atoms with Crippen LogP contribution in [0.15, 0.2) is 60.7 Å². The molecule has 2 amide bonds. The molecule has 0 bridgehead atoms. The van der Waals surface area contributed by atoms with Crippen molar-refractivity contribution >= 4 is 39.0 Å². The Hall–Kier alpha value is -2.31. The van der Waals surface area contributed by atoms with Gasteiger partial charge in [0.15, 0.2) is 8.32 Å². The van der Waals surface area contributed by atoms with E-state index in [1.165, 1.54) is 15.3 Å². The van der Waals surface area contributed by atoms with Crippen molar-refractivity contribution in [1.82, 2.24) is 4.90 Å². The van der Waals surface area contributed by atoms with Crippen molar-refractivity contribution in [3.63, 3.8) is 0 Å². The van der Waals surface area contributed by atoms with Gasteiger partial charge >= 0.3 is 6.09 Å². The minimum atomic E-state index is -2.63. The standard InChI is InChI=1S/C36H55NO6Si2/c1-27-31(21-16-23-41-45(36(5,6)7,29-17-12-10-13-18-29)30-19-14-11-15-20-30)42-28(26-33(38)37-22-24-40-34(37)39)25-32(27)43-44(8,9)35(2,3)4/h10-15,17-20,27-28,31-32H,16,21-26H2,1-9H3/t27-,28+,31+,32+/m1/s1. The molecule has 9 heteroatoms. The highest BCUT2D eigenvalue weighted by molar-refractivity contribution is 6.99. The van der Waals surface area contributed by atoms with Gasteiger partial charge in [-0.05, 0) is 52.8 Å². The quantitative estimate of drug-likeness (QED) is 0.194. The number of carbonyl (C=O) groups excluding carboxylic acids is 2. The van der Waals surface area contributed by atoms with Gasteiger partial charge in [0.05, 0.1) is 31.3 Å². The first kappa shape index (κ1) is 35.5. The third-order valence-corrected chi connectivity index (χ3v) is 19.7. The number of hydrogen-bond acceptors (Lipinski definition) is 6. The molecule has 0 saturated carbocycles. The average molecular weight is 654 g/mol. The van der Waals surface area contributed by atoms with Gasteiger partial charge in [0.2, 0.25) is 5.91 Å². The fraction of sp³-hybridized carbons (Fsp3) is 0.611. The van der Waals surface area contributed by atoms with E-state index < -0.39 is 22.7 Å². The van der Waals surface area contributed by atoms with Gasteiger partial charge in [0, 0.05) is 12.5 Å². The van der Waals surface area contributed by atoms with Crippen LogP contribution in [0.1, 0.15) is 74.1 Å². The third-order valence-electron chi connectivity index (χ3n) is 10.1. The Labute approximate surface area is 273 Å². The second-order valence-electron chi connectivity index (χ2n) is 15.3. The number of cyclic esters (lactones) is 1. The predicted molar refractivity (Wildman–Crippen MR) is 185 cm³/mol. The van der Waals surface area contributed by atoms with E-state index in [9.17, 15) is 9.59 Å². The molecule has 0 N–H and O–H groups in total. The van der Waals surface area contributed by atoms with Crippen LogP contribution in [0.25, 0.3) is 0 Å². The van der Waals surface area contributed by atoms with Crippen LogP contribution in [0.5, 0.6) is 0 Å². The molecule has 0 aromatic heterocycles. The maximum Gasteiger partial charge on any atom is 0.416 e. The largest absolute Gasteiger partial charge is 0.447 e. The molecule has 4 rings (SSSR count). The molecule has 45 heavy (non-hydrogen) atoms. The first-order valence-corrected chi connectivity index (χ1v) is 21.4. The summed E-state index contributed by atoms with van der Waals surface area (Å²) in [6.45, 7) is 21.6. The summed E-state index contributed by atoms with van der Waals surface area (Å²) in [6.07, 6.45) is 1.42. The summed E-state index contributed by atoms with van der Waals surface area (Å²) in [7, 11) is -4.70. The smallest absolute Gasteiger partial charge is 0.416 e. The minimum absolute atomic E-state index is 0.0226. The lowest BCUT2D eigenvalue weighted by Gasteiger charge is -2.46. The lowest BCUT2D eigenvalue weighted by Crippen LogP contribution is -2.66. The molecule has 2 heterocycles. The zero-order valence-corrected chi connectivity index (χ0v) is 30.9. The summed E-state index contributed by atoms with van der Waals surface area (Å²) in [6, 6.07) is 21.4. The molecule has 0 aliphatic carbocycles. The molecule has 2 aliphatic rings. The number of hydrogen-bond donors (Lipinski definition) is 0. The lowest BCUT2D eigenvalue weighted by atomic mass is 9.87. The second kappa shape index (κ2) is 14.2. The SMILES string of the molecule is C[C@@H]1[C@H](CCCO[Si](c2ccccc2)(c2ccccc2)C(C)(C)C)O[C@H](CC(=O)N2CCOC2=O)C[C@@H]1O[Si](C)(C)C(C)(C)C. The van der Waals surface area contributed by atoms with Crippen molar-refractivity contribution in [2.45, 2.75) is 116 Å². The van der Waals surface area contributed by atoms with Crippen molar-refractivity contribution in [2.75, 3.05) is 19.8 Å². The van der Waals surface area contributed by atoms with Crippen molar-refractivity contribution in [3.8, 4) is 0 Å². The molecule has 7 nitrogen and oxygen atoms in total. The van der Waals surface area contributed by atoms with Gasteiger partial charge < -0.3 is 18.3 Å². The molecule has 2 fully saturated rings. The maximum absolute atomic E-state index is 13.1. The predicted octanol–water partition coefficient (Wildman–Crippen LogP) is 6.90. The molecular formula is C36H55NO6Si2. The van der Waals surface area contributed by atoms with Crippen LogP contribution < -0.4 is 10.4 Å². The Morgan fingerprint density at radius 1 is 0.933 bits per heavy atom. The van der Waals surface area contributed by atoms with Crippen molar-refractivity contribution in [1.29, 1.82) is 0 Å². The zero-order valence-electron chi connectivity index (χ0n) is 28.9. The Kier molecular flexibility index (Phi) is 11.2. The monoisotopic (exact) mass is 653 g/mol. The van der Waals surface area contributed by atoms with E-state index in [1.807, 2.05) is 0 Å². The molecule has 248 valence electrons. The van der Waals surface area contributed by atoms with Crippen LogP contribution in [0.4, 0.5) is 4.79 Å². The molecule has 2 saturated heterocycles. The Bertz CT molecular complexity index is 1230. The number of carbonyl (C=O) groups is 2. The number of benzene rings is 2. The summed E-state index contributed by atoms with van der Waals surface area (Å²) in [4.78, 5) is 26.4. The summed E-state index contributed by atoms with van der Waals surface area (Å²) < 4.78 is 25.8. The highest BCUT2D eigenvalue weighted by Gasteiger charge is 2.50. The van der Waals surface area contributed by atoms with E-state index >= 15 is 0 Å². The van der Waals surface area contributed by atoms with E-state index in [2.05, 4.69) is 122 Å². The second-order valence-corrected chi connectivity index (χ2v) is 24.4. The fourth-order valence-electron chi connectivity index (χ4n) is 6.51. The molecular weight excluding hydrogens is 599 g/mol. The van der Waals surface area contributed by atoms with Gasteiger partial charge in [-0.3, -0.25) is 4.79 Å². The van der Waals surface area contributed by atoms with Gasteiger partial charge in [-0.1, -0.05) is 109 Å². The Morgan fingerprint density at radius 3 is 2.00 bits per heavy atom. The molecule has 4 atom stereocenters. The number of nitrogens with zero attached hydrogens (tertiary/aromatic N) is 1. The number of rotatable bonds is 11. The van der Waals surface area contributed by atoms with E-state index in [1.54, 1.807) is 0 Å². The van der Waals surface area contributed by atoms with Gasteiger partial charge in [0.1, 0.15) is 6.61 Å². The molecule has 2 aliphatic heterocycles. The van der Waals surface area contributed by atoms with Crippen LogP contribution in [0.3, 0.4) is 0 Å². The van der Waals surface area contributed by atoms with Crippen molar-refractivity contribution in [3.05, 3.63) is 60.7 Å². The van der Waals surface area contributed by atoms with E-state index in [-0.39, 0.29) is 53.2 Å². The van der Waals surface area contributed by atoms with Gasteiger partial charge in [-0.15, -0.1) is 0 Å². The maximum atomic E-state index is 13.1. The van der Waals surface area contributed by atoms with Gasteiger partial charge in [-0.25, -0.2) is 9.69 Å². The normalized spacial score (nSPS) is 23.2. The van der Waals surface area contributed by atoms with Crippen LogP contribution in [0, 0.1) is 5.92 Å². The molecule has 0 radical (unpaired) electrons. The van der Waals surface area contributed by atoms with Crippen LogP contribution in [-0.4, -0.2) is 71.6 Å². The zero-order chi connectivity index (χ0) is 33.0. The summed E-state index contributed by atoms with van der Waals surface area (Å²) in [5.41, 5.74) is 0. The Morgan fingerprint density at radius 2 is 1.51 bits per heavy atom. The van der Waals surface area contributed by atoms with Gasteiger partial charge in [-0.2, -0.15) is 0 Å². The van der Waals surface area contributed by atoms with Crippen LogP contribution in [0.2, 0.25) is 23.2 Å². The topological polar surface area (TPSA) is 74.3 Å². The van der Waals surface area contributed by atoms with Crippen molar-refractivity contribution in [2.24, 2.45) is 5.92 Å². The number of imide groups is 1. The Balaban J connectivity index is 1.52. The van der Waals surface area contributed by atoms with Crippen LogP contribution >= 0.6 is 0 Å². The molecule has 0 unspecified atom stereocenters. The first-order chi connectivity index (χ1) is 21.1. The van der Waals surface area contributed by atoms with E-state index in [4.69, 9.17) is 18.3 Å². The fourth-order valence-corrected chi connectivity index (χ4v) is 12.5. The lowest BCUT2D eigenvalue weighted by molar-refractivity contribution is -0.148. The third kappa shape index (κ3) is 7.99.